The number of hydrogen-bond acceptors (Lipinski definition) is 3. The summed E-state index contributed by atoms with van der Waals surface area (Å²) in [7, 11) is 2.97. The Kier molecular flexibility index (Phi) is 4.88. The first kappa shape index (κ1) is 15.7. The molecular formula is C17H14F2O3. The summed E-state index contributed by atoms with van der Waals surface area (Å²) in [6, 6.07) is 7.90. The number of benzene rings is 2. The van der Waals surface area contributed by atoms with Crippen LogP contribution in [0.5, 0.6) is 11.5 Å². The molecule has 0 radical (unpaired) electrons. The van der Waals surface area contributed by atoms with Crippen LogP contribution in [0.2, 0.25) is 0 Å². The van der Waals surface area contributed by atoms with E-state index < -0.39 is 17.4 Å². The molecule has 3 nitrogen and oxygen atoms in total. The zero-order valence-electron chi connectivity index (χ0n) is 12.1. The second kappa shape index (κ2) is 6.85. The molecule has 22 heavy (non-hydrogen) atoms. The van der Waals surface area contributed by atoms with E-state index in [1.54, 1.807) is 18.2 Å². The van der Waals surface area contributed by atoms with E-state index in [0.717, 1.165) is 24.3 Å². The average Bonchev–Trinajstić information content (AvgIpc) is 2.54. The third-order valence-corrected chi connectivity index (χ3v) is 3.04. The summed E-state index contributed by atoms with van der Waals surface area (Å²) < 4.78 is 37.0. The fourth-order valence-electron chi connectivity index (χ4n) is 1.98. The number of ketones is 1. The van der Waals surface area contributed by atoms with Gasteiger partial charge in [-0.15, -0.1) is 0 Å². The molecule has 0 aliphatic heterocycles. The second-order valence-electron chi connectivity index (χ2n) is 4.40. The van der Waals surface area contributed by atoms with Gasteiger partial charge in [-0.2, -0.15) is 0 Å². The van der Waals surface area contributed by atoms with E-state index in [2.05, 4.69) is 0 Å². The van der Waals surface area contributed by atoms with Crippen LogP contribution in [0.1, 0.15) is 15.9 Å². The van der Waals surface area contributed by atoms with Crippen LogP contribution in [0.4, 0.5) is 8.78 Å². The molecule has 0 bridgehead atoms. The van der Waals surface area contributed by atoms with Gasteiger partial charge >= 0.3 is 0 Å². The average molecular weight is 304 g/mol. The van der Waals surface area contributed by atoms with Gasteiger partial charge in [-0.1, -0.05) is 12.1 Å². The fourth-order valence-corrected chi connectivity index (χ4v) is 1.98. The van der Waals surface area contributed by atoms with Crippen molar-refractivity contribution in [1.29, 1.82) is 0 Å². The molecule has 2 rings (SSSR count). The number of rotatable bonds is 5. The minimum Gasteiger partial charge on any atom is -0.493 e. The van der Waals surface area contributed by atoms with Crippen molar-refractivity contribution in [2.45, 2.75) is 0 Å². The van der Waals surface area contributed by atoms with Gasteiger partial charge < -0.3 is 9.47 Å². The topological polar surface area (TPSA) is 35.5 Å². The summed E-state index contributed by atoms with van der Waals surface area (Å²) in [5.74, 6) is -1.12. The molecule has 0 fully saturated rings. The van der Waals surface area contributed by atoms with E-state index >= 15 is 0 Å². The lowest BCUT2D eigenvalue weighted by molar-refractivity contribution is 0.104. The first-order valence-electron chi connectivity index (χ1n) is 6.45. The maximum Gasteiger partial charge on any atom is 0.188 e. The van der Waals surface area contributed by atoms with Crippen LogP contribution < -0.4 is 9.47 Å². The highest BCUT2D eigenvalue weighted by molar-refractivity contribution is 6.07. The quantitative estimate of drug-likeness (QED) is 0.621. The number of hydrogen-bond donors (Lipinski definition) is 0. The second-order valence-corrected chi connectivity index (χ2v) is 4.40. The molecule has 2 aromatic carbocycles. The van der Waals surface area contributed by atoms with Gasteiger partial charge in [0.1, 0.15) is 11.6 Å². The van der Waals surface area contributed by atoms with Crippen molar-refractivity contribution in [1.82, 2.24) is 0 Å². The SMILES string of the molecule is COc1cccc(/C=C/C(=O)c2cc(F)ccc2F)c1OC. The summed E-state index contributed by atoms with van der Waals surface area (Å²) >= 11 is 0. The summed E-state index contributed by atoms with van der Waals surface area (Å²) in [6.07, 6.45) is 2.63. The van der Waals surface area contributed by atoms with E-state index in [-0.39, 0.29) is 5.56 Å². The molecule has 0 aliphatic carbocycles. The molecule has 0 N–H and O–H groups in total. The predicted molar refractivity (Wildman–Crippen MR) is 79.3 cm³/mol. The van der Waals surface area contributed by atoms with Gasteiger partial charge in [0, 0.05) is 5.56 Å². The molecule has 0 aromatic heterocycles. The molecule has 0 atom stereocenters. The highest BCUT2D eigenvalue weighted by Gasteiger charge is 2.11. The molecule has 2 aromatic rings. The molecule has 0 amide bonds. The Morgan fingerprint density at radius 1 is 1.09 bits per heavy atom. The van der Waals surface area contributed by atoms with Crippen molar-refractivity contribution in [3.05, 3.63) is 65.2 Å². The van der Waals surface area contributed by atoms with Gasteiger partial charge in [0.25, 0.3) is 0 Å². The molecule has 0 unspecified atom stereocenters. The number of allylic oxidation sites excluding steroid dienone is 1. The summed E-state index contributed by atoms with van der Waals surface area (Å²) in [5, 5.41) is 0. The van der Waals surface area contributed by atoms with Gasteiger partial charge in [-0.3, -0.25) is 4.79 Å². The number of halogens is 2. The molecule has 0 spiro atoms. The normalized spacial score (nSPS) is 10.7. The van der Waals surface area contributed by atoms with Crippen molar-refractivity contribution < 1.29 is 23.0 Å². The largest absolute Gasteiger partial charge is 0.493 e. The van der Waals surface area contributed by atoms with Crippen molar-refractivity contribution in [3.8, 4) is 11.5 Å². The zero-order chi connectivity index (χ0) is 16.1. The molecule has 0 saturated carbocycles. The molecule has 0 heterocycles. The van der Waals surface area contributed by atoms with Gasteiger partial charge in [0.05, 0.1) is 19.8 Å². The third-order valence-electron chi connectivity index (χ3n) is 3.04. The van der Waals surface area contributed by atoms with E-state index in [4.69, 9.17) is 9.47 Å². The highest BCUT2D eigenvalue weighted by Crippen LogP contribution is 2.31. The Hall–Kier alpha value is -2.69. The first-order chi connectivity index (χ1) is 10.6. The van der Waals surface area contributed by atoms with E-state index in [0.29, 0.717) is 17.1 Å². The lowest BCUT2D eigenvalue weighted by Gasteiger charge is -2.09. The van der Waals surface area contributed by atoms with E-state index in [1.165, 1.54) is 20.3 Å². The van der Waals surface area contributed by atoms with E-state index in [9.17, 15) is 13.6 Å². The summed E-state index contributed by atoms with van der Waals surface area (Å²) in [6.45, 7) is 0. The minimum atomic E-state index is -0.770. The van der Waals surface area contributed by atoms with Crippen LogP contribution in [0.3, 0.4) is 0 Å². The molecular weight excluding hydrogens is 290 g/mol. The highest BCUT2D eigenvalue weighted by atomic mass is 19.1. The van der Waals surface area contributed by atoms with Crippen LogP contribution in [0.15, 0.2) is 42.5 Å². The van der Waals surface area contributed by atoms with Crippen LogP contribution in [-0.2, 0) is 0 Å². The van der Waals surface area contributed by atoms with Crippen molar-refractivity contribution >= 4 is 11.9 Å². The maximum absolute atomic E-state index is 13.5. The fraction of sp³-hybridized carbons (Fsp3) is 0.118. The number of carbonyl (C=O) groups is 1. The van der Waals surface area contributed by atoms with Crippen LogP contribution in [-0.4, -0.2) is 20.0 Å². The predicted octanol–water partition coefficient (Wildman–Crippen LogP) is 3.88. The van der Waals surface area contributed by atoms with Gasteiger partial charge in [-0.25, -0.2) is 8.78 Å². The molecule has 5 heteroatoms. The lowest BCUT2D eigenvalue weighted by Crippen LogP contribution is -1.99. The number of para-hydroxylation sites is 1. The van der Waals surface area contributed by atoms with Crippen LogP contribution in [0.25, 0.3) is 6.08 Å². The van der Waals surface area contributed by atoms with Gasteiger partial charge in [-0.05, 0) is 36.4 Å². The van der Waals surface area contributed by atoms with Crippen molar-refractivity contribution in [2.75, 3.05) is 14.2 Å². The van der Waals surface area contributed by atoms with E-state index in [1.807, 2.05) is 0 Å². The lowest BCUT2D eigenvalue weighted by atomic mass is 10.1. The summed E-state index contributed by atoms with van der Waals surface area (Å²) in [5.41, 5.74) is 0.269. The maximum atomic E-state index is 13.5. The Balaban J connectivity index is 2.32. The zero-order valence-corrected chi connectivity index (χ0v) is 12.1. The summed E-state index contributed by atoms with van der Waals surface area (Å²) in [4.78, 5) is 12.0. The monoisotopic (exact) mass is 304 g/mol. The molecule has 0 aliphatic rings. The van der Waals surface area contributed by atoms with Gasteiger partial charge in [0.2, 0.25) is 0 Å². The van der Waals surface area contributed by atoms with Crippen LogP contribution >= 0.6 is 0 Å². The Morgan fingerprint density at radius 2 is 1.86 bits per heavy atom. The third kappa shape index (κ3) is 3.31. The number of carbonyl (C=O) groups excluding carboxylic acids is 1. The standard InChI is InChI=1S/C17H14F2O3/c1-21-16-5-3-4-11(17(16)22-2)6-9-15(20)13-10-12(18)7-8-14(13)19/h3-10H,1-2H3/b9-6+. The van der Waals surface area contributed by atoms with Crippen molar-refractivity contribution in [3.63, 3.8) is 0 Å². The van der Waals surface area contributed by atoms with Gasteiger partial charge in [0.15, 0.2) is 17.3 Å². The Labute approximate surface area is 126 Å². The molecule has 114 valence electrons. The Bertz CT molecular complexity index is 724. The minimum absolute atomic E-state index is 0.321. The first-order valence-corrected chi connectivity index (χ1v) is 6.45. The smallest absolute Gasteiger partial charge is 0.188 e. The van der Waals surface area contributed by atoms with Crippen LogP contribution in [0, 0.1) is 11.6 Å². The Morgan fingerprint density at radius 3 is 2.55 bits per heavy atom. The number of methoxy groups -OCH3 is 2. The molecule has 0 saturated heterocycles. The van der Waals surface area contributed by atoms with Crippen molar-refractivity contribution in [2.24, 2.45) is 0 Å². The number of ether oxygens (including phenoxy) is 2.